The molecule has 19 heavy (non-hydrogen) atoms. The Labute approximate surface area is 112 Å². The number of aromatic nitrogens is 2. The van der Waals surface area contributed by atoms with Gasteiger partial charge in [-0.3, -0.25) is 0 Å². The fraction of sp³-hybridized carbons (Fsp3) is 0.333. The second-order valence-electron chi connectivity index (χ2n) is 5.10. The van der Waals surface area contributed by atoms with Gasteiger partial charge in [0.15, 0.2) is 0 Å². The lowest BCUT2D eigenvalue weighted by molar-refractivity contribution is 0.0999. The number of nitrogens with zero attached hydrogens (tertiary/aromatic N) is 2. The molecule has 1 aromatic carbocycles. The first-order valence-corrected chi connectivity index (χ1v) is 6.54. The molecule has 1 unspecified atom stereocenters. The summed E-state index contributed by atoms with van der Waals surface area (Å²) in [7, 11) is 0. The van der Waals surface area contributed by atoms with Crippen LogP contribution in [0.3, 0.4) is 0 Å². The maximum Gasteiger partial charge on any atom is 0.222 e. The highest BCUT2D eigenvalue weighted by atomic mass is 16.3. The molecule has 4 heteroatoms. The quantitative estimate of drug-likeness (QED) is 0.861. The minimum atomic E-state index is -0.426. The zero-order chi connectivity index (χ0) is 13.1. The van der Waals surface area contributed by atoms with Crippen molar-refractivity contribution in [1.82, 2.24) is 9.97 Å². The highest BCUT2D eigenvalue weighted by Gasteiger charge is 2.49. The minimum Gasteiger partial charge on any atom is -0.388 e. The second-order valence-corrected chi connectivity index (χ2v) is 5.10. The third kappa shape index (κ3) is 2.58. The molecule has 1 aliphatic carbocycles. The fourth-order valence-electron chi connectivity index (χ4n) is 2.34. The number of aliphatic hydroxyl groups excluding tert-OH is 1. The van der Waals surface area contributed by atoms with Crippen molar-refractivity contribution in [3.8, 4) is 0 Å². The Morgan fingerprint density at radius 3 is 2.42 bits per heavy atom. The Kier molecular flexibility index (Phi) is 3.17. The molecule has 0 bridgehead atoms. The molecule has 0 amide bonds. The highest BCUT2D eigenvalue weighted by Crippen LogP contribution is 2.54. The van der Waals surface area contributed by atoms with Gasteiger partial charge in [-0.1, -0.05) is 30.3 Å². The highest BCUT2D eigenvalue weighted by molar-refractivity contribution is 5.27. The molecule has 1 aliphatic rings. The van der Waals surface area contributed by atoms with E-state index in [0.717, 1.165) is 18.4 Å². The summed E-state index contributed by atoms with van der Waals surface area (Å²) >= 11 is 0. The van der Waals surface area contributed by atoms with Gasteiger partial charge in [0.1, 0.15) is 0 Å². The van der Waals surface area contributed by atoms with Crippen molar-refractivity contribution in [3.05, 3.63) is 54.4 Å². The topological polar surface area (TPSA) is 58.0 Å². The molecule has 0 radical (unpaired) electrons. The number of nitrogens with one attached hydrogen (secondary N) is 1. The smallest absolute Gasteiger partial charge is 0.222 e. The Balaban J connectivity index is 1.67. The Morgan fingerprint density at radius 1 is 1.11 bits per heavy atom. The van der Waals surface area contributed by atoms with Crippen LogP contribution in [0.15, 0.2) is 48.8 Å². The maximum atomic E-state index is 10.5. The van der Waals surface area contributed by atoms with Gasteiger partial charge in [-0.2, -0.15) is 0 Å². The van der Waals surface area contributed by atoms with Crippen LogP contribution in [0.4, 0.5) is 5.95 Å². The van der Waals surface area contributed by atoms with Crippen LogP contribution in [-0.4, -0.2) is 21.6 Å². The van der Waals surface area contributed by atoms with E-state index in [1.54, 1.807) is 18.5 Å². The van der Waals surface area contributed by atoms with Crippen LogP contribution in [0.5, 0.6) is 0 Å². The van der Waals surface area contributed by atoms with Crippen LogP contribution in [0.1, 0.15) is 24.5 Å². The molecular weight excluding hydrogens is 238 g/mol. The molecular formula is C15H17N3O. The number of benzene rings is 1. The first-order valence-electron chi connectivity index (χ1n) is 6.54. The van der Waals surface area contributed by atoms with E-state index in [2.05, 4.69) is 15.3 Å². The average Bonchev–Trinajstić information content (AvgIpc) is 3.28. The van der Waals surface area contributed by atoms with E-state index in [1.165, 1.54) is 0 Å². The molecule has 4 nitrogen and oxygen atoms in total. The van der Waals surface area contributed by atoms with Gasteiger partial charge in [0, 0.05) is 24.4 Å². The van der Waals surface area contributed by atoms with Crippen LogP contribution in [0, 0.1) is 5.41 Å². The summed E-state index contributed by atoms with van der Waals surface area (Å²) in [4.78, 5) is 8.28. The molecule has 1 heterocycles. The van der Waals surface area contributed by atoms with E-state index < -0.39 is 6.10 Å². The number of anilines is 1. The van der Waals surface area contributed by atoms with Crippen molar-refractivity contribution in [3.63, 3.8) is 0 Å². The normalized spacial score (nSPS) is 17.7. The van der Waals surface area contributed by atoms with Crippen molar-refractivity contribution in [2.24, 2.45) is 5.41 Å². The average molecular weight is 255 g/mol. The predicted molar refractivity (Wildman–Crippen MR) is 73.6 cm³/mol. The zero-order valence-electron chi connectivity index (χ0n) is 10.7. The molecule has 98 valence electrons. The molecule has 3 rings (SSSR count). The zero-order valence-corrected chi connectivity index (χ0v) is 10.7. The first-order chi connectivity index (χ1) is 9.30. The SMILES string of the molecule is OC(c1ccccc1)C1(CNc2ncccn2)CC1. The van der Waals surface area contributed by atoms with Gasteiger partial charge in [-0.15, -0.1) is 0 Å². The monoisotopic (exact) mass is 255 g/mol. The van der Waals surface area contributed by atoms with Crippen LogP contribution in [-0.2, 0) is 0 Å². The van der Waals surface area contributed by atoms with Gasteiger partial charge in [0.2, 0.25) is 5.95 Å². The molecule has 0 spiro atoms. The van der Waals surface area contributed by atoms with Crippen molar-refractivity contribution < 1.29 is 5.11 Å². The Morgan fingerprint density at radius 2 is 1.79 bits per heavy atom. The lowest BCUT2D eigenvalue weighted by Gasteiger charge is -2.23. The Hall–Kier alpha value is -1.94. The Bertz CT molecular complexity index is 526. The van der Waals surface area contributed by atoms with Gasteiger partial charge in [0.05, 0.1) is 6.10 Å². The summed E-state index contributed by atoms with van der Waals surface area (Å²) in [6.07, 6.45) is 5.06. The molecule has 0 aliphatic heterocycles. The number of aliphatic hydroxyl groups is 1. The molecule has 1 fully saturated rings. The van der Waals surface area contributed by atoms with Crippen LogP contribution in [0.25, 0.3) is 0 Å². The van der Waals surface area contributed by atoms with E-state index in [9.17, 15) is 5.11 Å². The first kappa shape index (κ1) is 12.1. The van der Waals surface area contributed by atoms with Gasteiger partial charge >= 0.3 is 0 Å². The summed E-state index contributed by atoms with van der Waals surface area (Å²) in [6, 6.07) is 11.6. The minimum absolute atomic E-state index is 0.0689. The molecule has 1 atom stereocenters. The molecule has 2 N–H and O–H groups in total. The van der Waals surface area contributed by atoms with E-state index in [1.807, 2.05) is 30.3 Å². The summed E-state index contributed by atoms with van der Waals surface area (Å²) in [6.45, 7) is 0.701. The van der Waals surface area contributed by atoms with Crippen LogP contribution >= 0.6 is 0 Å². The standard InChI is InChI=1S/C15H17N3O/c19-13(12-5-2-1-3-6-12)15(7-8-15)11-18-14-16-9-4-10-17-14/h1-6,9-10,13,19H,7-8,11H2,(H,16,17,18). The van der Waals surface area contributed by atoms with Crippen LogP contribution in [0.2, 0.25) is 0 Å². The fourth-order valence-corrected chi connectivity index (χ4v) is 2.34. The van der Waals surface area contributed by atoms with E-state index in [4.69, 9.17) is 0 Å². The third-order valence-electron chi connectivity index (χ3n) is 3.75. The van der Waals surface area contributed by atoms with Gasteiger partial charge in [-0.25, -0.2) is 9.97 Å². The molecule has 1 saturated carbocycles. The largest absolute Gasteiger partial charge is 0.388 e. The number of rotatable bonds is 5. The van der Waals surface area contributed by atoms with Crippen molar-refractivity contribution in [2.45, 2.75) is 18.9 Å². The summed E-state index contributed by atoms with van der Waals surface area (Å²) in [5, 5.41) is 13.7. The molecule has 0 saturated heterocycles. The number of hydrogen-bond acceptors (Lipinski definition) is 4. The second kappa shape index (κ2) is 4.97. The molecule has 1 aromatic heterocycles. The van der Waals surface area contributed by atoms with Gasteiger partial charge < -0.3 is 10.4 Å². The predicted octanol–water partition coefficient (Wildman–Crippen LogP) is 2.40. The summed E-state index contributed by atoms with van der Waals surface area (Å²) < 4.78 is 0. The van der Waals surface area contributed by atoms with Gasteiger partial charge in [-0.05, 0) is 24.5 Å². The van der Waals surface area contributed by atoms with Crippen molar-refractivity contribution >= 4 is 5.95 Å². The van der Waals surface area contributed by atoms with Crippen molar-refractivity contribution in [1.29, 1.82) is 0 Å². The van der Waals surface area contributed by atoms with E-state index >= 15 is 0 Å². The number of hydrogen-bond donors (Lipinski definition) is 2. The summed E-state index contributed by atoms with van der Waals surface area (Å²) in [5.41, 5.74) is 0.913. The molecule has 2 aromatic rings. The lowest BCUT2D eigenvalue weighted by atomic mass is 9.93. The maximum absolute atomic E-state index is 10.5. The summed E-state index contributed by atoms with van der Waals surface area (Å²) in [5.74, 6) is 0.619. The van der Waals surface area contributed by atoms with Crippen molar-refractivity contribution in [2.75, 3.05) is 11.9 Å². The van der Waals surface area contributed by atoms with E-state index in [0.29, 0.717) is 12.5 Å². The van der Waals surface area contributed by atoms with Gasteiger partial charge in [0.25, 0.3) is 0 Å². The van der Waals surface area contributed by atoms with E-state index in [-0.39, 0.29) is 5.41 Å². The lowest BCUT2D eigenvalue weighted by Crippen LogP contribution is -2.23. The van der Waals surface area contributed by atoms with Crippen LogP contribution < -0.4 is 5.32 Å². The third-order valence-corrected chi connectivity index (χ3v) is 3.75.